The van der Waals surface area contributed by atoms with Gasteiger partial charge in [0.15, 0.2) is 0 Å². The third kappa shape index (κ3) is 10.4. The van der Waals surface area contributed by atoms with Gasteiger partial charge in [0.1, 0.15) is 18.1 Å². The molecule has 0 aliphatic heterocycles. The van der Waals surface area contributed by atoms with Crippen LogP contribution < -0.4 is 27.4 Å². The highest BCUT2D eigenvalue weighted by atomic mass is 32.2. The van der Waals surface area contributed by atoms with Crippen LogP contribution in [0.4, 0.5) is 0 Å². The molecular formula is C18H33N5O6S. The van der Waals surface area contributed by atoms with Crippen LogP contribution in [0.15, 0.2) is 0 Å². The Morgan fingerprint density at radius 3 is 1.90 bits per heavy atom. The van der Waals surface area contributed by atoms with Crippen LogP contribution in [-0.4, -0.2) is 70.9 Å². The summed E-state index contributed by atoms with van der Waals surface area (Å²) in [4.78, 5) is 59.5. The number of aliphatic carboxylic acids is 1. The summed E-state index contributed by atoms with van der Waals surface area (Å²) in [5.41, 5.74) is 10.6. The standard InChI is InChI=1S/C18H33N5O6S/c1-9(2)14(17(27)22-12(18(28)29)5-6-13(20)24)23-16(26)11(7-8-30-4)21-15(25)10(3)19/h9-12,14H,5-8,19H2,1-4H3,(H2,20,24)(H,21,25)(H,22,27)(H,23,26)(H,28,29). The summed E-state index contributed by atoms with van der Waals surface area (Å²) in [7, 11) is 0. The largest absolute Gasteiger partial charge is 0.480 e. The van der Waals surface area contributed by atoms with Crippen molar-refractivity contribution in [3.05, 3.63) is 0 Å². The molecule has 0 aromatic heterocycles. The van der Waals surface area contributed by atoms with Gasteiger partial charge in [-0.2, -0.15) is 11.8 Å². The third-order valence-corrected chi connectivity index (χ3v) is 4.84. The number of carbonyl (C=O) groups is 5. The lowest BCUT2D eigenvalue weighted by atomic mass is 10.0. The molecule has 0 heterocycles. The predicted octanol–water partition coefficient (Wildman–Crippen LogP) is -1.45. The minimum Gasteiger partial charge on any atom is -0.480 e. The molecule has 0 aliphatic carbocycles. The third-order valence-electron chi connectivity index (χ3n) is 4.20. The Morgan fingerprint density at radius 2 is 1.47 bits per heavy atom. The van der Waals surface area contributed by atoms with Crippen molar-refractivity contribution in [2.45, 2.75) is 64.2 Å². The zero-order valence-corrected chi connectivity index (χ0v) is 18.6. The van der Waals surface area contributed by atoms with Crippen molar-refractivity contribution in [2.75, 3.05) is 12.0 Å². The van der Waals surface area contributed by atoms with E-state index in [0.717, 1.165) is 0 Å². The van der Waals surface area contributed by atoms with E-state index >= 15 is 0 Å². The lowest BCUT2D eigenvalue weighted by Crippen LogP contribution is -2.58. The number of carboxylic acid groups (broad SMARTS) is 1. The average molecular weight is 448 g/mol. The number of hydrogen-bond acceptors (Lipinski definition) is 7. The molecule has 11 nitrogen and oxygen atoms in total. The highest BCUT2D eigenvalue weighted by molar-refractivity contribution is 7.98. The van der Waals surface area contributed by atoms with Crippen LogP contribution in [0.1, 0.15) is 40.0 Å². The molecule has 0 spiro atoms. The topological polar surface area (TPSA) is 194 Å². The molecule has 0 saturated carbocycles. The number of carboxylic acids is 1. The van der Waals surface area contributed by atoms with Gasteiger partial charge in [0, 0.05) is 6.42 Å². The smallest absolute Gasteiger partial charge is 0.326 e. The van der Waals surface area contributed by atoms with Gasteiger partial charge >= 0.3 is 5.97 Å². The van der Waals surface area contributed by atoms with E-state index in [9.17, 15) is 29.1 Å². The molecule has 8 N–H and O–H groups in total. The molecule has 0 aliphatic rings. The van der Waals surface area contributed by atoms with Gasteiger partial charge in [0.05, 0.1) is 6.04 Å². The molecular weight excluding hydrogens is 414 g/mol. The second-order valence-electron chi connectivity index (χ2n) is 7.27. The fourth-order valence-corrected chi connectivity index (χ4v) is 2.87. The van der Waals surface area contributed by atoms with Gasteiger partial charge in [0.2, 0.25) is 23.6 Å². The van der Waals surface area contributed by atoms with Crippen LogP contribution in [0.3, 0.4) is 0 Å². The lowest BCUT2D eigenvalue weighted by molar-refractivity contribution is -0.143. The second-order valence-corrected chi connectivity index (χ2v) is 8.25. The fourth-order valence-electron chi connectivity index (χ4n) is 2.40. The molecule has 4 unspecified atom stereocenters. The van der Waals surface area contributed by atoms with E-state index < -0.39 is 53.8 Å². The zero-order chi connectivity index (χ0) is 23.4. The summed E-state index contributed by atoms with van der Waals surface area (Å²) < 4.78 is 0. The summed E-state index contributed by atoms with van der Waals surface area (Å²) in [5, 5.41) is 16.7. The SMILES string of the molecule is CSCCC(NC(=O)C(C)N)C(=O)NC(C(=O)NC(CCC(N)=O)C(=O)O)C(C)C. The van der Waals surface area contributed by atoms with E-state index in [1.165, 1.54) is 18.7 Å². The molecule has 0 aromatic carbocycles. The van der Waals surface area contributed by atoms with Crippen molar-refractivity contribution in [1.29, 1.82) is 0 Å². The van der Waals surface area contributed by atoms with Crippen molar-refractivity contribution in [2.24, 2.45) is 17.4 Å². The number of nitrogens with two attached hydrogens (primary N) is 2. The quantitative estimate of drug-likeness (QED) is 0.186. The first kappa shape index (κ1) is 27.7. The van der Waals surface area contributed by atoms with E-state index in [1.54, 1.807) is 13.8 Å². The summed E-state index contributed by atoms with van der Waals surface area (Å²) in [6.45, 7) is 4.85. The summed E-state index contributed by atoms with van der Waals surface area (Å²) in [6, 6.07) is -4.07. The highest BCUT2D eigenvalue weighted by Gasteiger charge is 2.31. The van der Waals surface area contributed by atoms with E-state index in [1.807, 2.05) is 6.26 Å². The van der Waals surface area contributed by atoms with Gasteiger partial charge in [-0.15, -0.1) is 0 Å². The van der Waals surface area contributed by atoms with Gasteiger partial charge < -0.3 is 32.5 Å². The lowest BCUT2D eigenvalue weighted by Gasteiger charge is -2.26. The molecule has 0 saturated heterocycles. The average Bonchev–Trinajstić information content (AvgIpc) is 2.64. The number of rotatable bonds is 14. The van der Waals surface area contributed by atoms with Crippen LogP contribution >= 0.6 is 11.8 Å². The van der Waals surface area contributed by atoms with Gasteiger partial charge in [-0.3, -0.25) is 19.2 Å². The van der Waals surface area contributed by atoms with E-state index in [-0.39, 0.29) is 18.8 Å². The van der Waals surface area contributed by atoms with Crippen molar-refractivity contribution in [1.82, 2.24) is 16.0 Å². The minimum absolute atomic E-state index is 0.171. The fraction of sp³-hybridized carbons (Fsp3) is 0.722. The first-order chi connectivity index (χ1) is 13.9. The Labute approximate surface area is 180 Å². The van der Waals surface area contributed by atoms with Crippen molar-refractivity contribution < 1.29 is 29.1 Å². The zero-order valence-electron chi connectivity index (χ0n) is 17.8. The van der Waals surface area contributed by atoms with Crippen LogP contribution in [0.25, 0.3) is 0 Å². The normalized spacial score (nSPS) is 14.9. The van der Waals surface area contributed by atoms with Crippen LogP contribution in [0, 0.1) is 5.92 Å². The maximum absolute atomic E-state index is 12.7. The van der Waals surface area contributed by atoms with E-state index in [4.69, 9.17) is 11.5 Å². The number of thioether (sulfide) groups is 1. The molecule has 4 atom stereocenters. The molecule has 0 rings (SSSR count). The summed E-state index contributed by atoms with van der Waals surface area (Å²) >= 11 is 1.49. The Morgan fingerprint density at radius 1 is 0.900 bits per heavy atom. The number of amides is 4. The van der Waals surface area contributed by atoms with Crippen LogP contribution in [0.5, 0.6) is 0 Å². The first-order valence-corrected chi connectivity index (χ1v) is 11.0. The number of nitrogens with one attached hydrogen (secondary N) is 3. The Kier molecular flexibility index (Phi) is 12.7. The molecule has 0 fully saturated rings. The molecule has 4 amide bonds. The minimum atomic E-state index is -1.33. The van der Waals surface area contributed by atoms with Crippen molar-refractivity contribution in [3.63, 3.8) is 0 Å². The summed E-state index contributed by atoms with van der Waals surface area (Å²) in [5.74, 6) is -3.58. The predicted molar refractivity (Wildman–Crippen MR) is 113 cm³/mol. The van der Waals surface area contributed by atoms with Crippen LogP contribution in [-0.2, 0) is 24.0 Å². The van der Waals surface area contributed by atoms with Gasteiger partial charge in [-0.1, -0.05) is 13.8 Å². The van der Waals surface area contributed by atoms with Gasteiger partial charge in [0.25, 0.3) is 0 Å². The maximum atomic E-state index is 12.7. The molecule has 12 heteroatoms. The molecule has 172 valence electrons. The number of hydrogen-bond donors (Lipinski definition) is 6. The molecule has 30 heavy (non-hydrogen) atoms. The molecule has 0 radical (unpaired) electrons. The van der Waals surface area contributed by atoms with E-state index in [0.29, 0.717) is 12.2 Å². The maximum Gasteiger partial charge on any atom is 0.326 e. The Bertz CT molecular complexity index is 628. The Balaban J connectivity index is 5.29. The number of primary amides is 1. The van der Waals surface area contributed by atoms with Crippen molar-refractivity contribution >= 4 is 41.4 Å². The summed E-state index contributed by atoms with van der Waals surface area (Å²) in [6.07, 6.45) is 1.80. The second kappa shape index (κ2) is 13.8. The van der Waals surface area contributed by atoms with Crippen LogP contribution in [0.2, 0.25) is 0 Å². The van der Waals surface area contributed by atoms with Gasteiger partial charge in [-0.05, 0) is 37.7 Å². The van der Waals surface area contributed by atoms with Crippen molar-refractivity contribution in [3.8, 4) is 0 Å². The highest BCUT2D eigenvalue weighted by Crippen LogP contribution is 2.07. The van der Waals surface area contributed by atoms with Gasteiger partial charge in [-0.25, -0.2) is 4.79 Å². The Hall–Kier alpha value is -2.34. The monoisotopic (exact) mass is 447 g/mol. The molecule has 0 bridgehead atoms. The molecule has 0 aromatic rings. The number of carbonyl (C=O) groups excluding carboxylic acids is 4. The van der Waals surface area contributed by atoms with E-state index in [2.05, 4.69) is 16.0 Å². The first-order valence-electron chi connectivity index (χ1n) is 9.57.